The topological polar surface area (TPSA) is 144 Å². The second-order valence-corrected chi connectivity index (χ2v) is 16.9. The van der Waals surface area contributed by atoms with Crippen molar-refractivity contribution in [2.24, 2.45) is 11.3 Å². The third kappa shape index (κ3) is 6.94. The number of carbonyl (C=O) groups excluding carboxylic acids is 3. The van der Waals surface area contributed by atoms with E-state index in [1.807, 2.05) is 18.7 Å². The number of amides is 3. The van der Waals surface area contributed by atoms with Crippen LogP contribution in [-0.4, -0.2) is 93.0 Å². The molecule has 1 aromatic carbocycles. The van der Waals surface area contributed by atoms with Crippen LogP contribution < -0.4 is 25.8 Å². The quantitative estimate of drug-likeness (QED) is 0.224. The predicted molar refractivity (Wildman–Crippen MR) is 203 cm³/mol. The molecule has 0 radical (unpaired) electrons. The van der Waals surface area contributed by atoms with Crippen LogP contribution in [0.1, 0.15) is 86.7 Å². The molecule has 56 heavy (non-hydrogen) atoms. The van der Waals surface area contributed by atoms with Crippen LogP contribution in [-0.2, 0) is 9.59 Å². The number of fused-ring (bicyclic) bond motifs is 1. The average molecular weight is 769 g/mol. The summed E-state index contributed by atoms with van der Waals surface area (Å²) in [6.45, 7) is 8.22. The highest BCUT2D eigenvalue weighted by Crippen LogP contribution is 2.43. The normalized spacial score (nSPS) is 25.9. The number of pyridine rings is 2. The molecule has 3 amide bonds. The van der Waals surface area contributed by atoms with Gasteiger partial charge in [-0.15, -0.1) is 0 Å². The van der Waals surface area contributed by atoms with Gasteiger partial charge < -0.3 is 24.4 Å². The van der Waals surface area contributed by atoms with E-state index >= 15 is 4.39 Å². The molecular weight excluding hydrogens is 722 g/mol. The number of likely N-dealkylation sites (tertiary alicyclic amines) is 1. The number of hydrogen-bond donors (Lipinski definition) is 2. The van der Waals surface area contributed by atoms with Gasteiger partial charge in [0, 0.05) is 87.1 Å². The number of aromatic nitrogens is 4. The van der Waals surface area contributed by atoms with E-state index in [0.29, 0.717) is 58.0 Å². The number of ether oxygens (including phenoxy) is 1. The summed E-state index contributed by atoms with van der Waals surface area (Å²) in [5.41, 5.74) is 1.62. The van der Waals surface area contributed by atoms with E-state index in [1.54, 1.807) is 42.9 Å². The SMILES string of the molecule is CC(C)Oc1cc2nn(-c3cccn([C@H]4C[C@H]4F)c3=O)cc2cc1C(=O)NC1CCC(CN2CC3(C2)CN(c2ncc(C4CCC(=O)NC4=O)cc2F)C3)CC1. The van der Waals surface area contributed by atoms with Crippen LogP contribution >= 0.6 is 0 Å². The van der Waals surface area contributed by atoms with Gasteiger partial charge in [-0.05, 0) is 81.7 Å². The molecule has 2 saturated carbocycles. The Morgan fingerprint density at radius 2 is 1.84 bits per heavy atom. The molecule has 5 aliphatic rings. The molecule has 15 heteroatoms. The first kappa shape index (κ1) is 36.5. The number of benzene rings is 1. The van der Waals surface area contributed by atoms with E-state index in [-0.39, 0.29) is 41.4 Å². The van der Waals surface area contributed by atoms with Gasteiger partial charge in [-0.2, -0.15) is 5.10 Å². The van der Waals surface area contributed by atoms with Gasteiger partial charge in [-0.1, -0.05) is 0 Å². The minimum atomic E-state index is -1.01. The second kappa shape index (κ2) is 14.1. The number of halogens is 2. The molecule has 3 saturated heterocycles. The fourth-order valence-corrected chi connectivity index (χ4v) is 9.22. The van der Waals surface area contributed by atoms with Gasteiger partial charge in [0.15, 0.2) is 11.6 Å². The Hall–Kier alpha value is -5.18. The summed E-state index contributed by atoms with van der Waals surface area (Å²) in [5, 5.41) is 10.9. The molecule has 3 aromatic heterocycles. The minimum absolute atomic E-state index is 0.0420. The van der Waals surface area contributed by atoms with Crippen molar-refractivity contribution in [3.05, 3.63) is 76.2 Å². The van der Waals surface area contributed by atoms with Gasteiger partial charge in [0.2, 0.25) is 11.8 Å². The summed E-state index contributed by atoms with van der Waals surface area (Å²) < 4.78 is 37.9. The van der Waals surface area contributed by atoms with Crippen LogP contribution in [0.5, 0.6) is 5.75 Å². The van der Waals surface area contributed by atoms with E-state index in [4.69, 9.17) is 4.74 Å². The standard InChI is InChI=1S/C41H46F2N8O5/c1-23(2)56-35-15-32-26(18-51(47-32)33-4-3-11-50(40(33)55)34-14-30(34)42)12-29(35)39(54)45-27-7-5-24(6-8-27)17-48-19-41(20-48)21-49(22-41)37-31(43)13-25(16-44-37)28-9-10-36(52)46-38(28)53/h3-4,11-13,15-16,18,23-24,27-28,30,34H,5-10,14,17,19-22H2,1-2H3,(H,45,54)(H,46,52,53)/t24?,27?,28?,30-,34+/m1/s1. The lowest BCUT2D eigenvalue weighted by Crippen LogP contribution is -2.72. The fraction of sp³-hybridized carbons (Fsp3) is 0.512. The Morgan fingerprint density at radius 1 is 1.07 bits per heavy atom. The lowest BCUT2D eigenvalue weighted by atomic mass is 9.72. The van der Waals surface area contributed by atoms with Gasteiger partial charge in [-0.25, -0.2) is 18.4 Å². The van der Waals surface area contributed by atoms with Crippen molar-refractivity contribution < 1.29 is 27.9 Å². The van der Waals surface area contributed by atoms with Gasteiger partial charge in [0.25, 0.3) is 11.5 Å². The molecule has 5 fully saturated rings. The van der Waals surface area contributed by atoms with Crippen molar-refractivity contribution in [3.63, 3.8) is 0 Å². The Labute approximate surface area is 322 Å². The van der Waals surface area contributed by atoms with Crippen molar-refractivity contribution in [2.45, 2.75) is 89.1 Å². The van der Waals surface area contributed by atoms with E-state index in [0.717, 1.165) is 58.4 Å². The number of rotatable bonds is 10. The molecule has 2 aliphatic carbocycles. The Balaban J connectivity index is 0.772. The summed E-state index contributed by atoms with van der Waals surface area (Å²) in [5.74, 6) is -0.631. The van der Waals surface area contributed by atoms with E-state index in [1.165, 1.54) is 15.3 Å². The first-order chi connectivity index (χ1) is 26.9. The number of hydrogen-bond acceptors (Lipinski definition) is 9. The number of imide groups is 1. The van der Waals surface area contributed by atoms with Crippen molar-refractivity contribution in [2.75, 3.05) is 37.6 Å². The number of alkyl halides is 1. The van der Waals surface area contributed by atoms with Crippen LogP contribution in [0, 0.1) is 17.2 Å². The largest absolute Gasteiger partial charge is 0.490 e. The smallest absolute Gasteiger partial charge is 0.276 e. The summed E-state index contributed by atoms with van der Waals surface area (Å²) >= 11 is 0. The molecule has 13 nitrogen and oxygen atoms in total. The summed E-state index contributed by atoms with van der Waals surface area (Å²) in [6.07, 6.45) is 8.40. The number of piperidine rings is 1. The molecule has 1 spiro atoms. The lowest BCUT2D eigenvalue weighted by Gasteiger charge is -2.61. The van der Waals surface area contributed by atoms with Gasteiger partial charge in [0.05, 0.1) is 29.1 Å². The molecule has 3 aliphatic heterocycles. The molecule has 2 N–H and O–H groups in total. The van der Waals surface area contributed by atoms with Crippen molar-refractivity contribution in [1.82, 2.24) is 34.9 Å². The van der Waals surface area contributed by atoms with E-state index in [9.17, 15) is 23.6 Å². The molecule has 6 heterocycles. The zero-order chi connectivity index (χ0) is 38.9. The Morgan fingerprint density at radius 3 is 2.54 bits per heavy atom. The molecule has 0 bridgehead atoms. The maximum atomic E-state index is 15.1. The van der Waals surface area contributed by atoms with Gasteiger partial charge >= 0.3 is 0 Å². The maximum absolute atomic E-state index is 15.1. The van der Waals surface area contributed by atoms with E-state index in [2.05, 4.69) is 25.6 Å². The maximum Gasteiger partial charge on any atom is 0.276 e. The highest BCUT2D eigenvalue weighted by molar-refractivity contribution is 6.01. The summed E-state index contributed by atoms with van der Waals surface area (Å²) in [4.78, 5) is 59.5. The van der Waals surface area contributed by atoms with Crippen LogP contribution in [0.4, 0.5) is 14.6 Å². The monoisotopic (exact) mass is 768 g/mol. The molecule has 3 atom stereocenters. The van der Waals surface area contributed by atoms with Gasteiger partial charge in [0.1, 0.15) is 17.6 Å². The first-order valence-electron chi connectivity index (χ1n) is 19.7. The Kier molecular flexibility index (Phi) is 9.17. The van der Waals surface area contributed by atoms with E-state index < -0.39 is 29.9 Å². The molecule has 9 rings (SSSR count). The van der Waals surface area contributed by atoms with Crippen LogP contribution in [0.15, 0.2) is 53.7 Å². The zero-order valence-electron chi connectivity index (χ0n) is 31.5. The highest BCUT2D eigenvalue weighted by atomic mass is 19.1. The number of anilines is 1. The minimum Gasteiger partial charge on any atom is -0.490 e. The van der Waals surface area contributed by atoms with Crippen molar-refractivity contribution >= 4 is 34.4 Å². The van der Waals surface area contributed by atoms with Gasteiger partial charge in [-0.3, -0.25) is 24.5 Å². The third-order valence-electron chi connectivity index (χ3n) is 12.1. The van der Waals surface area contributed by atoms with Crippen LogP contribution in [0.3, 0.4) is 0 Å². The average Bonchev–Trinajstić information content (AvgIpc) is 3.70. The molecule has 1 unspecified atom stereocenters. The lowest BCUT2D eigenvalue weighted by molar-refractivity contribution is -0.134. The van der Waals surface area contributed by atoms with Crippen LogP contribution in [0.25, 0.3) is 16.6 Å². The Bertz CT molecular complexity index is 2270. The van der Waals surface area contributed by atoms with Crippen LogP contribution in [0.2, 0.25) is 0 Å². The zero-order valence-corrected chi connectivity index (χ0v) is 31.5. The molecular formula is C41H46F2N8O5. The number of nitrogens with one attached hydrogen (secondary N) is 2. The van der Waals surface area contributed by atoms with Crippen molar-refractivity contribution in [3.8, 4) is 11.4 Å². The number of carbonyl (C=O) groups is 3. The predicted octanol–water partition coefficient (Wildman–Crippen LogP) is 4.42. The fourth-order valence-electron chi connectivity index (χ4n) is 9.22. The summed E-state index contributed by atoms with van der Waals surface area (Å²) in [7, 11) is 0. The van der Waals surface area contributed by atoms with Crippen molar-refractivity contribution in [1.29, 1.82) is 0 Å². The third-order valence-corrected chi connectivity index (χ3v) is 12.1. The molecule has 294 valence electrons. The molecule has 4 aromatic rings. The summed E-state index contributed by atoms with van der Waals surface area (Å²) in [6, 6.07) is 7.87. The second-order valence-electron chi connectivity index (χ2n) is 16.9. The number of nitrogens with zero attached hydrogens (tertiary/aromatic N) is 6. The highest BCUT2D eigenvalue weighted by Gasteiger charge is 2.52. The first-order valence-corrected chi connectivity index (χ1v) is 19.7.